The Balaban J connectivity index is 3.67. The molecule has 0 radical (unpaired) electrons. The molecule has 120 valence electrons. The lowest BCUT2D eigenvalue weighted by atomic mass is 11.5. The summed E-state index contributed by atoms with van der Waals surface area (Å²) < 4.78 is 2.07. The molecule has 1 heterocycles. The fourth-order valence-corrected chi connectivity index (χ4v) is 94.8. The number of hydrogen-bond donors (Lipinski definition) is 0. The van der Waals surface area contributed by atoms with E-state index in [0.717, 1.165) is 7.82 Å². The van der Waals surface area contributed by atoms with Gasteiger partial charge in [-0.2, -0.15) is 0 Å². The van der Waals surface area contributed by atoms with Crippen LogP contribution in [0.1, 0.15) is 0 Å². The third-order valence-corrected chi connectivity index (χ3v) is 70.0. The Labute approximate surface area is 137 Å². The molecule has 0 N–H and O–H groups in total. The molecule has 0 nitrogen and oxygen atoms in total. The Morgan fingerprint density at radius 2 is 0.600 bits per heavy atom. The summed E-state index contributed by atoms with van der Waals surface area (Å²) in [6.07, 6.45) is 0. The van der Waals surface area contributed by atoms with Crippen molar-refractivity contribution in [3.8, 4) is 0 Å². The topological polar surface area (TPSA) is 0 Å². The minimum atomic E-state index is -1.09. The fraction of sp³-hybridized carbons (Fsp3) is 1.00. The van der Waals surface area contributed by atoms with Crippen molar-refractivity contribution in [1.29, 1.82) is 0 Å². The van der Waals surface area contributed by atoms with Gasteiger partial charge < -0.3 is 0 Å². The Hall–Kier alpha value is 1.30. The summed E-state index contributed by atoms with van der Waals surface area (Å²) in [6.45, 7) is 33.3. The summed E-state index contributed by atoms with van der Waals surface area (Å²) in [6, 6.07) is 0. The van der Waals surface area contributed by atoms with E-state index in [4.69, 9.17) is 0 Å². The standard InChI is InChI=1S/C14H40Si6/c1-15(2)13(16(3)4)19(9,10)14(17(5)6,18(7)8)20(13,11)12/h15-18H,1-12H3. The molecule has 0 spiro atoms. The maximum absolute atomic E-state index is 2.88. The van der Waals surface area contributed by atoms with Crippen molar-refractivity contribution in [1.82, 2.24) is 0 Å². The molecule has 0 atom stereocenters. The zero-order valence-electron chi connectivity index (χ0n) is 16.3. The first-order valence-electron chi connectivity index (χ1n) is 8.77. The molecule has 0 amide bonds. The van der Waals surface area contributed by atoms with E-state index >= 15 is 0 Å². The van der Waals surface area contributed by atoms with E-state index in [1.165, 1.54) is 0 Å². The fourth-order valence-electron chi connectivity index (χ4n) is 9.29. The lowest BCUT2D eigenvalue weighted by molar-refractivity contribution is 1.01. The summed E-state index contributed by atoms with van der Waals surface area (Å²) in [5.74, 6) is 0. The van der Waals surface area contributed by atoms with E-state index in [2.05, 4.69) is 78.6 Å². The van der Waals surface area contributed by atoms with Crippen molar-refractivity contribution in [2.45, 2.75) is 86.4 Å². The molecule has 1 aliphatic rings. The lowest BCUT2D eigenvalue weighted by Gasteiger charge is -2.84. The Morgan fingerprint density at radius 1 is 0.450 bits per heavy atom. The molecule has 1 fully saturated rings. The van der Waals surface area contributed by atoms with E-state index in [0.29, 0.717) is 0 Å². The molecule has 1 rings (SSSR count). The smallest absolute Gasteiger partial charge is 0.0430 e. The molecule has 0 bridgehead atoms. The van der Waals surface area contributed by atoms with Crippen molar-refractivity contribution in [2.24, 2.45) is 0 Å². The van der Waals surface area contributed by atoms with Crippen LogP contribution in [0.3, 0.4) is 0 Å². The zero-order chi connectivity index (χ0) is 16.3. The van der Waals surface area contributed by atoms with Gasteiger partial charge in [0.25, 0.3) is 0 Å². The Morgan fingerprint density at radius 3 is 0.700 bits per heavy atom. The maximum atomic E-state index is 2.88. The first-order valence-corrected chi connectivity index (χ1v) is 26.3. The SMILES string of the molecule is C[SiH](C)C1([SiH](C)C)[Si](C)(C)C([SiH](C)C)([SiH](C)C)[Si]1(C)C. The monoisotopic (exact) mass is 376 g/mol. The summed E-state index contributed by atoms with van der Waals surface area (Å²) in [4.78, 5) is 0. The van der Waals surface area contributed by atoms with Crippen LogP contribution in [0.25, 0.3) is 0 Å². The minimum Gasteiger partial charge on any atom is -0.0724 e. The van der Waals surface area contributed by atoms with Crippen molar-refractivity contribution in [2.75, 3.05) is 0 Å². The largest absolute Gasteiger partial charge is 0.0724 e. The van der Waals surface area contributed by atoms with Crippen LogP contribution in [0.4, 0.5) is 0 Å². The predicted octanol–water partition coefficient (Wildman–Crippen LogP) is 4.08. The van der Waals surface area contributed by atoms with Gasteiger partial charge in [-0.1, -0.05) is 86.4 Å². The van der Waals surface area contributed by atoms with Crippen molar-refractivity contribution < 1.29 is 0 Å². The summed E-state index contributed by atoms with van der Waals surface area (Å²) in [5, 5.41) is 0. The van der Waals surface area contributed by atoms with E-state index in [9.17, 15) is 0 Å². The summed E-state index contributed by atoms with van der Waals surface area (Å²) >= 11 is 0. The van der Waals surface area contributed by atoms with Crippen LogP contribution in [0.5, 0.6) is 0 Å². The Kier molecular flexibility index (Phi) is 5.26. The predicted molar refractivity (Wildman–Crippen MR) is 116 cm³/mol. The molecule has 20 heavy (non-hydrogen) atoms. The van der Waals surface area contributed by atoms with Crippen molar-refractivity contribution in [3.05, 3.63) is 0 Å². The Bertz CT molecular complexity index is 302. The van der Waals surface area contributed by atoms with Gasteiger partial charge in [-0.05, 0) is 0 Å². The maximum Gasteiger partial charge on any atom is 0.0430 e. The third kappa shape index (κ3) is 1.72. The number of rotatable bonds is 4. The van der Waals surface area contributed by atoms with Crippen molar-refractivity contribution in [3.63, 3.8) is 0 Å². The van der Waals surface area contributed by atoms with E-state index in [1.54, 1.807) is 0 Å². The molecule has 0 aromatic heterocycles. The quantitative estimate of drug-likeness (QED) is 0.648. The van der Waals surface area contributed by atoms with E-state index < -0.39 is 51.3 Å². The summed E-state index contributed by atoms with van der Waals surface area (Å²) in [5.41, 5.74) is 0. The molecule has 0 aliphatic carbocycles. The normalized spacial score (nSPS) is 26.4. The highest BCUT2D eigenvalue weighted by molar-refractivity contribution is 7.45. The second-order valence-electron chi connectivity index (χ2n) is 9.61. The molecule has 0 unspecified atom stereocenters. The van der Waals surface area contributed by atoms with Crippen LogP contribution in [0, 0.1) is 0 Å². The first kappa shape index (κ1) is 19.3. The molecule has 6 heteroatoms. The van der Waals surface area contributed by atoms with Gasteiger partial charge in [0, 0.05) is 51.3 Å². The van der Waals surface area contributed by atoms with E-state index in [1.807, 2.05) is 0 Å². The molecular weight excluding hydrogens is 337 g/mol. The molecule has 1 saturated heterocycles. The lowest BCUT2D eigenvalue weighted by Crippen LogP contribution is -2.93. The number of hydrogen-bond acceptors (Lipinski definition) is 0. The van der Waals surface area contributed by atoms with Crippen LogP contribution >= 0.6 is 0 Å². The molecule has 0 aromatic carbocycles. The zero-order valence-corrected chi connectivity index (χ0v) is 22.9. The van der Waals surface area contributed by atoms with Crippen LogP contribution < -0.4 is 0 Å². The van der Waals surface area contributed by atoms with Gasteiger partial charge in [-0.3, -0.25) is 0 Å². The van der Waals surface area contributed by atoms with Crippen LogP contribution in [-0.2, 0) is 0 Å². The first-order chi connectivity index (χ1) is 8.77. The molecule has 0 saturated carbocycles. The second-order valence-corrected chi connectivity index (χ2v) is 39.2. The average Bonchev–Trinajstić information content (AvgIpc) is 2.11. The van der Waals surface area contributed by atoms with Gasteiger partial charge in [-0.15, -0.1) is 0 Å². The summed E-state index contributed by atoms with van der Waals surface area (Å²) in [7, 11) is -4.40. The van der Waals surface area contributed by atoms with Crippen LogP contribution in [-0.4, -0.2) is 51.3 Å². The second kappa shape index (κ2) is 5.44. The highest BCUT2D eigenvalue weighted by Gasteiger charge is 2.83. The molecule has 0 aromatic rings. The minimum absolute atomic E-state index is 0.557. The highest BCUT2D eigenvalue weighted by Crippen LogP contribution is 2.77. The van der Waals surface area contributed by atoms with Crippen LogP contribution in [0.15, 0.2) is 0 Å². The van der Waals surface area contributed by atoms with Gasteiger partial charge in [0.15, 0.2) is 0 Å². The van der Waals surface area contributed by atoms with Crippen molar-refractivity contribution >= 4 is 51.3 Å². The van der Waals surface area contributed by atoms with Gasteiger partial charge in [-0.25, -0.2) is 0 Å². The van der Waals surface area contributed by atoms with Crippen LogP contribution in [0.2, 0.25) is 86.4 Å². The van der Waals surface area contributed by atoms with Gasteiger partial charge >= 0.3 is 0 Å². The van der Waals surface area contributed by atoms with Gasteiger partial charge in [0.2, 0.25) is 0 Å². The molecule has 1 aliphatic heterocycles. The molecular formula is C14H40Si6. The van der Waals surface area contributed by atoms with Gasteiger partial charge in [0.1, 0.15) is 0 Å². The highest BCUT2D eigenvalue weighted by atomic mass is 28.6. The van der Waals surface area contributed by atoms with Gasteiger partial charge in [0.05, 0.1) is 0 Å². The third-order valence-electron chi connectivity index (χ3n) is 7.78. The average molecular weight is 377 g/mol. The van der Waals surface area contributed by atoms with E-state index in [-0.39, 0.29) is 0 Å².